The summed E-state index contributed by atoms with van der Waals surface area (Å²) in [7, 11) is 0. The molecule has 24 heavy (non-hydrogen) atoms. The van der Waals surface area contributed by atoms with Crippen molar-refractivity contribution in [3.63, 3.8) is 0 Å². The summed E-state index contributed by atoms with van der Waals surface area (Å²) in [6, 6.07) is 15.8. The van der Waals surface area contributed by atoms with Crippen molar-refractivity contribution in [3.8, 4) is 5.75 Å². The number of rotatable bonds is 5. The first-order valence-electron chi connectivity index (χ1n) is 8.40. The van der Waals surface area contributed by atoms with Gasteiger partial charge < -0.3 is 10.1 Å². The van der Waals surface area contributed by atoms with Gasteiger partial charge in [0.2, 0.25) is 0 Å². The Labute approximate surface area is 145 Å². The van der Waals surface area contributed by atoms with Crippen LogP contribution in [0.4, 0.5) is 5.69 Å². The van der Waals surface area contributed by atoms with Gasteiger partial charge in [0.15, 0.2) is 6.61 Å². The second-order valence-corrected chi connectivity index (χ2v) is 7.32. The standard InChI is InChI=1S/C21H27NO2/c1-15(2)16-10-6-8-12-18(16)22-20(23)14-24-19-13-9-7-11-17(19)21(3,4)5/h6-13,15H,14H2,1-5H3,(H,22,23). The Morgan fingerprint density at radius 1 is 1.04 bits per heavy atom. The maximum absolute atomic E-state index is 12.3. The number of amides is 1. The summed E-state index contributed by atoms with van der Waals surface area (Å²) >= 11 is 0. The molecule has 0 aromatic heterocycles. The Morgan fingerprint density at radius 3 is 2.33 bits per heavy atom. The Hall–Kier alpha value is -2.29. The van der Waals surface area contributed by atoms with Gasteiger partial charge in [-0.15, -0.1) is 0 Å². The van der Waals surface area contributed by atoms with Gasteiger partial charge in [0, 0.05) is 5.69 Å². The first-order chi connectivity index (χ1) is 11.3. The number of ether oxygens (including phenoxy) is 1. The molecule has 0 unspecified atom stereocenters. The van der Waals surface area contributed by atoms with Crippen molar-refractivity contribution in [2.24, 2.45) is 0 Å². The van der Waals surface area contributed by atoms with Gasteiger partial charge in [0.1, 0.15) is 5.75 Å². The molecule has 0 aliphatic heterocycles. The topological polar surface area (TPSA) is 38.3 Å². The van der Waals surface area contributed by atoms with Crippen LogP contribution >= 0.6 is 0 Å². The van der Waals surface area contributed by atoms with Crippen molar-refractivity contribution in [3.05, 3.63) is 59.7 Å². The van der Waals surface area contributed by atoms with Gasteiger partial charge in [-0.1, -0.05) is 71.0 Å². The summed E-state index contributed by atoms with van der Waals surface area (Å²) in [4.78, 5) is 12.3. The largest absolute Gasteiger partial charge is 0.483 e. The fourth-order valence-corrected chi connectivity index (χ4v) is 2.66. The molecule has 0 aliphatic carbocycles. The lowest BCUT2D eigenvalue weighted by Crippen LogP contribution is -2.22. The molecular formula is C21H27NO2. The zero-order valence-corrected chi connectivity index (χ0v) is 15.2. The Kier molecular flexibility index (Phi) is 5.66. The molecule has 2 aromatic carbocycles. The third-order valence-electron chi connectivity index (χ3n) is 3.91. The predicted octanol–water partition coefficient (Wildman–Crippen LogP) is 5.13. The van der Waals surface area contributed by atoms with Crippen LogP contribution in [0.25, 0.3) is 0 Å². The van der Waals surface area contributed by atoms with Crippen molar-refractivity contribution in [2.75, 3.05) is 11.9 Å². The summed E-state index contributed by atoms with van der Waals surface area (Å²) in [6.45, 7) is 10.6. The summed E-state index contributed by atoms with van der Waals surface area (Å²) in [5, 5.41) is 2.96. The predicted molar refractivity (Wildman–Crippen MR) is 99.8 cm³/mol. The fraction of sp³-hybridized carbons (Fsp3) is 0.381. The lowest BCUT2D eigenvalue weighted by atomic mass is 9.86. The third-order valence-corrected chi connectivity index (χ3v) is 3.91. The number of carbonyl (C=O) groups excluding carboxylic acids is 1. The van der Waals surface area contributed by atoms with Crippen LogP contribution in [0.3, 0.4) is 0 Å². The molecule has 1 amide bonds. The molecule has 0 bridgehead atoms. The zero-order chi connectivity index (χ0) is 17.7. The first kappa shape index (κ1) is 18.1. The second kappa shape index (κ2) is 7.52. The lowest BCUT2D eigenvalue weighted by Gasteiger charge is -2.22. The quantitative estimate of drug-likeness (QED) is 0.828. The van der Waals surface area contributed by atoms with E-state index in [0.29, 0.717) is 5.92 Å². The van der Waals surface area contributed by atoms with E-state index in [1.165, 1.54) is 0 Å². The molecule has 3 heteroatoms. The molecule has 128 valence electrons. The Morgan fingerprint density at radius 2 is 1.67 bits per heavy atom. The Bertz CT molecular complexity index is 699. The van der Waals surface area contributed by atoms with Crippen molar-refractivity contribution in [1.29, 1.82) is 0 Å². The number of anilines is 1. The number of carbonyl (C=O) groups is 1. The fourth-order valence-electron chi connectivity index (χ4n) is 2.66. The van der Waals surface area contributed by atoms with Gasteiger partial charge >= 0.3 is 0 Å². The summed E-state index contributed by atoms with van der Waals surface area (Å²) in [5.41, 5.74) is 3.05. The summed E-state index contributed by atoms with van der Waals surface area (Å²) in [6.07, 6.45) is 0. The highest BCUT2D eigenvalue weighted by molar-refractivity contribution is 5.92. The van der Waals surface area contributed by atoms with E-state index < -0.39 is 0 Å². The molecule has 0 atom stereocenters. The van der Waals surface area contributed by atoms with Crippen LogP contribution in [0.5, 0.6) is 5.75 Å². The Balaban J connectivity index is 2.05. The number of benzene rings is 2. The molecule has 2 rings (SSSR count). The molecule has 0 saturated carbocycles. The number of nitrogens with one attached hydrogen (secondary N) is 1. The van der Waals surface area contributed by atoms with Crippen LogP contribution in [0, 0.1) is 0 Å². The van der Waals surface area contributed by atoms with Gasteiger partial charge in [0.05, 0.1) is 0 Å². The van der Waals surface area contributed by atoms with Gasteiger partial charge in [-0.3, -0.25) is 4.79 Å². The molecule has 2 aromatic rings. The molecular weight excluding hydrogens is 298 g/mol. The molecule has 0 aliphatic rings. The van der Waals surface area contributed by atoms with Crippen molar-refractivity contribution >= 4 is 11.6 Å². The molecule has 0 radical (unpaired) electrons. The minimum Gasteiger partial charge on any atom is -0.483 e. The van der Waals surface area contributed by atoms with E-state index in [0.717, 1.165) is 22.6 Å². The molecule has 0 spiro atoms. The minimum absolute atomic E-state index is 0.000473. The number of para-hydroxylation sites is 2. The third kappa shape index (κ3) is 4.60. The van der Waals surface area contributed by atoms with Crippen LogP contribution in [-0.4, -0.2) is 12.5 Å². The van der Waals surface area contributed by atoms with Crippen LogP contribution in [0.1, 0.15) is 51.7 Å². The van der Waals surface area contributed by atoms with Crippen molar-refractivity contribution in [1.82, 2.24) is 0 Å². The van der Waals surface area contributed by atoms with E-state index in [9.17, 15) is 4.79 Å². The van der Waals surface area contributed by atoms with Crippen LogP contribution in [0.15, 0.2) is 48.5 Å². The minimum atomic E-state index is -0.146. The van der Waals surface area contributed by atoms with Crippen LogP contribution in [0.2, 0.25) is 0 Å². The molecule has 0 saturated heterocycles. The van der Waals surface area contributed by atoms with Gasteiger partial charge in [-0.25, -0.2) is 0 Å². The highest BCUT2D eigenvalue weighted by Gasteiger charge is 2.19. The van der Waals surface area contributed by atoms with E-state index in [2.05, 4.69) is 39.9 Å². The molecule has 0 heterocycles. The maximum atomic E-state index is 12.3. The highest BCUT2D eigenvalue weighted by atomic mass is 16.5. The summed E-state index contributed by atoms with van der Waals surface area (Å²) < 4.78 is 5.79. The van der Waals surface area contributed by atoms with E-state index in [-0.39, 0.29) is 17.9 Å². The second-order valence-electron chi connectivity index (χ2n) is 7.32. The molecule has 0 fully saturated rings. The van der Waals surface area contributed by atoms with Gasteiger partial charge in [0.25, 0.3) is 5.91 Å². The van der Waals surface area contributed by atoms with Crippen molar-refractivity contribution in [2.45, 2.75) is 46.0 Å². The van der Waals surface area contributed by atoms with Crippen molar-refractivity contribution < 1.29 is 9.53 Å². The van der Waals surface area contributed by atoms with E-state index in [1.807, 2.05) is 48.5 Å². The van der Waals surface area contributed by atoms with E-state index in [1.54, 1.807) is 0 Å². The van der Waals surface area contributed by atoms with Gasteiger partial charge in [-0.2, -0.15) is 0 Å². The highest BCUT2D eigenvalue weighted by Crippen LogP contribution is 2.31. The van der Waals surface area contributed by atoms with Crippen LogP contribution < -0.4 is 10.1 Å². The smallest absolute Gasteiger partial charge is 0.262 e. The SMILES string of the molecule is CC(C)c1ccccc1NC(=O)COc1ccccc1C(C)(C)C. The van der Waals surface area contributed by atoms with Gasteiger partial charge in [-0.05, 0) is 34.6 Å². The molecule has 1 N–H and O–H groups in total. The monoisotopic (exact) mass is 325 g/mol. The number of hydrogen-bond donors (Lipinski definition) is 1. The van der Waals surface area contributed by atoms with E-state index in [4.69, 9.17) is 4.74 Å². The lowest BCUT2D eigenvalue weighted by molar-refractivity contribution is -0.118. The first-order valence-corrected chi connectivity index (χ1v) is 8.40. The average molecular weight is 325 g/mol. The maximum Gasteiger partial charge on any atom is 0.262 e. The normalized spacial score (nSPS) is 11.4. The summed E-state index contributed by atoms with van der Waals surface area (Å²) in [5.74, 6) is 0.966. The number of hydrogen-bond acceptors (Lipinski definition) is 2. The average Bonchev–Trinajstić information content (AvgIpc) is 2.52. The zero-order valence-electron chi connectivity index (χ0n) is 15.2. The van der Waals surface area contributed by atoms with E-state index >= 15 is 0 Å². The van der Waals surface area contributed by atoms with Crippen LogP contribution in [-0.2, 0) is 10.2 Å². The molecule has 3 nitrogen and oxygen atoms in total.